The van der Waals surface area contributed by atoms with Crippen LogP contribution >= 0.6 is 0 Å². The van der Waals surface area contributed by atoms with Gasteiger partial charge in [-0.1, -0.05) is 6.92 Å². The van der Waals surface area contributed by atoms with E-state index in [1.807, 2.05) is 0 Å². The van der Waals surface area contributed by atoms with Crippen molar-refractivity contribution in [3.05, 3.63) is 0 Å². The third kappa shape index (κ3) is 4.23. The molecule has 3 nitrogen and oxygen atoms in total. The summed E-state index contributed by atoms with van der Waals surface area (Å²) in [5.74, 6) is 0.922. The number of nitrogens with one attached hydrogen (secondary N) is 1. The maximum atomic E-state index is 5.48. The SMILES string of the molecule is CCCN(CC1CCNCC1)C1CCOCC1. The maximum absolute atomic E-state index is 5.48. The Bertz CT molecular complexity index is 198. The lowest BCUT2D eigenvalue weighted by molar-refractivity contribution is 0.0263. The van der Waals surface area contributed by atoms with Crippen molar-refractivity contribution in [1.82, 2.24) is 10.2 Å². The van der Waals surface area contributed by atoms with E-state index in [9.17, 15) is 0 Å². The highest BCUT2D eigenvalue weighted by Crippen LogP contribution is 2.20. The molecule has 2 rings (SSSR count). The van der Waals surface area contributed by atoms with Crippen molar-refractivity contribution in [3.63, 3.8) is 0 Å². The summed E-state index contributed by atoms with van der Waals surface area (Å²) < 4.78 is 5.48. The molecule has 100 valence electrons. The second-order valence-corrected chi connectivity index (χ2v) is 5.53. The lowest BCUT2D eigenvalue weighted by atomic mass is 9.95. The van der Waals surface area contributed by atoms with Crippen LogP contribution in [0.1, 0.15) is 39.0 Å². The zero-order valence-electron chi connectivity index (χ0n) is 11.3. The quantitative estimate of drug-likeness (QED) is 0.794. The third-order valence-electron chi connectivity index (χ3n) is 4.17. The Morgan fingerprint density at radius 1 is 1.12 bits per heavy atom. The fraction of sp³-hybridized carbons (Fsp3) is 1.00. The van der Waals surface area contributed by atoms with Crippen LogP contribution in [0.2, 0.25) is 0 Å². The van der Waals surface area contributed by atoms with Crippen molar-refractivity contribution in [2.24, 2.45) is 5.92 Å². The van der Waals surface area contributed by atoms with E-state index in [0.717, 1.165) is 25.2 Å². The van der Waals surface area contributed by atoms with E-state index in [2.05, 4.69) is 17.1 Å². The molecule has 0 unspecified atom stereocenters. The predicted molar refractivity (Wildman–Crippen MR) is 71.3 cm³/mol. The van der Waals surface area contributed by atoms with Crippen LogP contribution in [0.3, 0.4) is 0 Å². The first kappa shape index (κ1) is 13.3. The monoisotopic (exact) mass is 240 g/mol. The van der Waals surface area contributed by atoms with E-state index in [-0.39, 0.29) is 0 Å². The number of ether oxygens (including phenoxy) is 1. The largest absolute Gasteiger partial charge is 0.381 e. The Labute approximate surface area is 106 Å². The molecule has 0 radical (unpaired) electrons. The van der Waals surface area contributed by atoms with Crippen LogP contribution in [0.15, 0.2) is 0 Å². The zero-order valence-corrected chi connectivity index (χ0v) is 11.3. The van der Waals surface area contributed by atoms with Crippen LogP contribution in [0, 0.1) is 5.92 Å². The van der Waals surface area contributed by atoms with Gasteiger partial charge in [-0.3, -0.25) is 4.90 Å². The van der Waals surface area contributed by atoms with Crippen LogP contribution in [0.25, 0.3) is 0 Å². The van der Waals surface area contributed by atoms with Gasteiger partial charge in [0.1, 0.15) is 0 Å². The topological polar surface area (TPSA) is 24.5 Å². The van der Waals surface area contributed by atoms with Crippen LogP contribution in [0.5, 0.6) is 0 Å². The van der Waals surface area contributed by atoms with E-state index in [1.54, 1.807) is 0 Å². The first-order chi connectivity index (χ1) is 8.40. The van der Waals surface area contributed by atoms with Gasteiger partial charge in [-0.15, -0.1) is 0 Å². The molecular formula is C14H28N2O. The molecule has 0 aromatic heterocycles. The van der Waals surface area contributed by atoms with Crippen molar-refractivity contribution in [2.75, 3.05) is 39.4 Å². The lowest BCUT2D eigenvalue weighted by Gasteiger charge is -2.37. The lowest BCUT2D eigenvalue weighted by Crippen LogP contribution is -2.44. The Kier molecular flexibility index (Phi) is 5.75. The Hall–Kier alpha value is -0.120. The first-order valence-corrected chi connectivity index (χ1v) is 7.42. The molecule has 2 aliphatic rings. The molecule has 17 heavy (non-hydrogen) atoms. The van der Waals surface area contributed by atoms with E-state index in [0.29, 0.717) is 0 Å². The predicted octanol–water partition coefficient (Wildman–Crippen LogP) is 1.88. The molecule has 0 aliphatic carbocycles. The summed E-state index contributed by atoms with van der Waals surface area (Å²) in [6, 6.07) is 0.790. The van der Waals surface area contributed by atoms with Crippen molar-refractivity contribution in [2.45, 2.75) is 45.1 Å². The van der Waals surface area contributed by atoms with Gasteiger partial charge in [0.15, 0.2) is 0 Å². The summed E-state index contributed by atoms with van der Waals surface area (Å²) in [7, 11) is 0. The summed E-state index contributed by atoms with van der Waals surface area (Å²) in [5, 5.41) is 3.46. The number of piperidine rings is 1. The average Bonchev–Trinajstić information content (AvgIpc) is 2.40. The van der Waals surface area contributed by atoms with E-state index in [1.165, 1.54) is 58.3 Å². The highest BCUT2D eigenvalue weighted by Gasteiger charge is 2.24. The van der Waals surface area contributed by atoms with Crippen LogP contribution < -0.4 is 5.32 Å². The molecule has 2 heterocycles. The van der Waals surface area contributed by atoms with Crippen LogP contribution in [0.4, 0.5) is 0 Å². The smallest absolute Gasteiger partial charge is 0.0480 e. The minimum atomic E-state index is 0.790. The molecular weight excluding hydrogens is 212 g/mol. The minimum Gasteiger partial charge on any atom is -0.381 e. The second kappa shape index (κ2) is 7.34. The fourth-order valence-electron chi connectivity index (χ4n) is 3.16. The number of nitrogens with zero attached hydrogens (tertiary/aromatic N) is 1. The van der Waals surface area contributed by atoms with Crippen molar-refractivity contribution < 1.29 is 4.74 Å². The van der Waals surface area contributed by atoms with Crippen molar-refractivity contribution >= 4 is 0 Å². The minimum absolute atomic E-state index is 0.790. The fourth-order valence-corrected chi connectivity index (χ4v) is 3.16. The third-order valence-corrected chi connectivity index (χ3v) is 4.17. The second-order valence-electron chi connectivity index (χ2n) is 5.53. The normalized spacial score (nSPS) is 24.4. The highest BCUT2D eigenvalue weighted by molar-refractivity contribution is 4.79. The summed E-state index contributed by atoms with van der Waals surface area (Å²) in [6.07, 6.45) is 6.49. The molecule has 0 atom stereocenters. The molecule has 1 N–H and O–H groups in total. The van der Waals surface area contributed by atoms with Gasteiger partial charge in [-0.05, 0) is 57.7 Å². The summed E-state index contributed by atoms with van der Waals surface area (Å²) in [6.45, 7) is 9.27. The summed E-state index contributed by atoms with van der Waals surface area (Å²) in [4.78, 5) is 2.75. The Balaban J connectivity index is 1.81. The van der Waals surface area contributed by atoms with Crippen molar-refractivity contribution in [1.29, 1.82) is 0 Å². The van der Waals surface area contributed by atoms with Gasteiger partial charge >= 0.3 is 0 Å². The van der Waals surface area contributed by atoms with Crippen LogP contribution in [-0.2, 0) is 4.74 Å². The van der Waals surface area contributed by atoms with Gasteiger partial charge in [-0.2, -0.15) is 0 Å². The molecule has 0 aromatic carbocycles. The number of hydrogen-bond donors (Lipinski definition) is 1. The summed E-state index contributed by atoms with van der Waals surface area (Å²) in [5.41, 5.74) is 0. The number of rotatable bonds is 5. The molecule has 0 aromatic rings. The van der Waals surface area contributed by atoms with E-state index < -0.39 is 0 Å². The van der Waals surface area contributed by atoms with Gasteiger partial charge in [-0.25, -0.2) is 0 Å². The van der Waals surface area contributed by atoms with E-state index >= 15 is 0 Å². The van der Waals surface area contributed by atoms with Gasteiger partial charge in [0, 0.05) is 25.8 Å². The maximum Gasteiger partial charge on any atom is 0.0480 e. The van der Waals surface area contributed by atoms with Crippen molar-refractivity contribution in [3.8, 4) is 0 Å². The number of hydrogen-bond acceptors (Lipinski definition) is 3. The summed E-state index contributed by atoms with van der Waals surface area (Å²) >= 11 is 0. The zero-order chi connectivity index (χ0) is 11.9. The van der Waals surface area contributed by atoms with Gasteiger partial charge < -0.3 is 10.1 Å². The highest BCUT2D eigenvalue weighted by atomic mass is 16.5. The van der Waals surface area contributed by atoms with Crippen LogP contribution in [-0.4, -0.2) is 50.3 Å². The molecule has 2 aliphatic heterocycles. The van der Waals surface area contributed by atoms with E-state index in [4.69, 9.17) is 4.74 Å². The van der Waals surface area contributed by atoms with Gasteiger partial charge in [0.05, 0.1) is 0 Å². The Morgan fingerprint density at radius 3 is 2.47 bits per heavy atom. The average molecular weight is 240 g/mol. The molecule has 0 amide bonds. The van der Waals surface area contributed by atoms with Gasteiger partial charge in [0.25, 0.3) is 0 Å². The molecule has 2 saturated heterocycles. The van der Waals surface area contributed by atoms with Gasteiger partial charge in [0.2, 0.25) is 0 Å². The molecule has 0 spiro atoms. The Morgan fingerprint density at radius 2 is 1.82 bits per heavy atom. The molecule has 3 heteroatoms. The molecule has 0 saturated carbocycles. The first-order valence-electron chi connectivity index (χ1n) is 7.42. The standard InChI is InChI=1S/C14H28N2O/c1-2-9-16(14-5-10-17-11-6-14)12-13-3-7-15-8-4-13/h13-15H,2-12H2,1H3. The molecule has 2 fully saturated rings. The molecule has 0 bridgehead atoms.